The lowest BCUT2D eigenvalue weighted by atomic mass is 9.99. The van der Waals surface area contributed by atoms with Crippen LogP contribution >= 0.6 is 15.9 Å². The number of rotatable bonds is 5. The van der Waals surface area contributed by atoms with Crippen molar-refractivity contribution in [2.45, 2.75) is 31.6 Å². The first kappa shape index (κ1) is 15.3. The minimum atomic E-state index is -0.838. The van der Waals surface area contributed by atoms with Gasteiger partial charge in [-0.15, -0.1) is 10.2 Å². The van der Waals surface area contributed by atoms with Gasteiger partial charge in [-0.3, -0.25) is 9.36 Å². The van der Waals surface area contributed by atoms with Gasteiger partial charge in [-0.05, 0) is 51.7 Å². The number of aryl methyl sites for hydroxylation is 1. The molecule has 0 aliphatic heterocycles. The molecule has 1 aliphatic rings. The van der Waals surface area contributed by atoms with Crippen LogP contribution in [0.15, 0.2) is 41.1 Å². The molecule has 1 heterocycles. The molecule has 1 saturated carbocycles. The number of carbonyl (C=O) groups is 1. The fourth-order valence-electron chi connectivity index (χ4n) is 3.17. The van der Waals surface area contributed by atoms with E-state index < -0.39 is 5.97 Å². The van der Waals surface area contributed by atoms with Crippen molar-refractivity contribution in [2.75, 3.05) is 0 Å². The highest BCUT2D eigenvalue weighted by Crippen LogP contribution is 2.44. The van der Waals surface area contributed by atoms with Crippen LogP contribution in [0.25, 0.3) is 16.5 Å². The zero-order chi connectivity index (χ0) is 16.7. The Morgan fingerprint density at radius 3 is 2.62 bits per heavy atom. The van der Waals surface area contributed by atoms with Gasteiger partial charge in [0.1, 0.15) is 5.82 Å². The van der Waals surface area contributed by atoms with E-state index in [1.807, 2.05) is 10.6 Å². The number of aromatic nitrogens is 3. The van der Waals surface area contributed by atoms with Gasteiger partial charge < -0.3 is 5.11 Å². The van der Waals surface area contributed by atoms with Crippen LogP contribution in [0.1, 0.15) is 36.6 Å². The molecule has 0 radical (unpaired) electrons. The van der Waals surface area contributed by atoms with Crippen molar-refractivity contribution >= 4 is 32.7 Å². The van der Waals surface area contributed by atoms with Crippen molar-refractivity contribution in [1.29, 1.82) is 0 Å². The number of hydrogen-bond acceptors (Lipinski definition) is 3. The van der Waals surface area contributed by atoms with Gasteiger partial charge in [0.25, 0.3) is 0 Å². The van der Waals surface area contributed by atoms with Gasteiger partial charge in [0.05, 0.1) is 12.1 Å². The highest BCUT2D eigenvalue weighted by Gasteiger charge is 2.26. The Labute approximate surface area is 147 Å². The van der Waals surface area contributed by atoms with Crippen molar-refractivity contribution in [1.82, 2.24) is 14.8 Å². The molecule has 1 aliphatic carbocycles. The maximum atomic E-state index is 10.9. The van der Waals surface area contributed by atoms with Crippen LogP contribution < -0.4 is 0 Å². The lowest BCUT2D eigenvalue weighted by Gasteiger charge is -2.14. The van der Waals surface area contributed by atoms with Crippen molar-refractivity contribution in [3.8, 4) is 5.69 Å². The summed E-state index contributed by atoms with van der Waals surface area (Å²) >= 11 is 3.45. The smallest absolute Gasteiger partial charge is 0.303 e. The number of carboxylic acid groups (broad SMARTS) is 1. The van der Waals surface area contributed by atoms with Gasteiger partial charge in [0.2, 0.25) is 4.73 Å². The third kappa shape index (κ3) is 2.71. The van der Waals surface area contributed by atoms with E-state index in [-0.39, 0.29) is 6.42 Å². The highest BCUT2D eigenvalue weighted by atomic mass is 79.9. The number of halogens is 1. The molecule has 1 N–H and O–H groups in total. The minimum Gasteiger partial charge on any atom is -0.481 e. The zero-order valence-corrected chi connectivity index (χ0v) is 14.5. The Bertz CT molecular complexity index is 931. The average molecular weight is 386 g/mol. The Morgan fingerprint density at radius 2 is 1.92 bits per heavy atom. The summed E-state index contributed by atoms with van der Waals surface area (Å²) in [5.74, 6) is 0.475. The summed E-state index contributed by atoms with van der Waals surface area (Å²) in [4.78, 5) is 10.9. The fourth-order valence-corrected chi connectivity index (χ4v) is 3.64. The molecule has 2 aromatic carbocycles. The van der Waals surface area contributed by atoms with Crippen LogP contribution in [0.4, 0.5) is 0 Å². The molecule has 1 fully saturated rings. The second-order valence-electron chi connectivity index (χ2n) is 6.11. The molecular weight excluding hydrogens is 370 g/mol. The molecule has 0 amide bonds. The molecule has 0 spiro atoms. The van der Waals surface area contributed by atoms with Crippen LogP contribution in [0.3, 0.4) is 0 Å². The minimum absolute atomic E-state index is 0.0310. The van der Waals surface area contributed by atoms with Gasteiger partial charge in [0, 0.05) is 11.8 Å². The SMILES string of the molecule is O=C(O)CCc1nnc(Br)n1-c1ccc(C2CC2)c2ccccc12. The maximum absolute atomic E-state index is 10.9. The Balaban J connectivity index is 1.87. The third-order valence-corrected chi connectivity index (χ3v) is 4.96. The monoisotopic (exact) mass is 385 g/mol. The molecule has 5 nitrogen and oxygen atoms in total. The molecular formula is C18H16BrN3O2. The summed E-state index contributed by atoms with van der Waals surface area (Å²) in [5, 5.41) is 19.6. The first-order valence-electron chi connectivity index (χ1n) is 7.99. The van der Waals surface area contributed by atoms with E-state index in [2.05, 4.69) is 56.5 Å². The van der Waals surface area contributed by atoms with Crippen molar-refractivity contribution in [2.24, 2.45) is 0 Å². The van der Waals surface area contributed by atoms with E-state index in [1.165, 1.54) is 23.8 Å². The van der Waals surface area contributed by atoms with Gasteiger partial charge in [-0.25, -0.2) is 0 Å². The molecule has 0 saturated heterocycles. The maximum Gasteiger partial charge on any atom is 0.303 e. The molecule has 122 valence electrons. The van der Waals surface area contributed by atoms with E-state index in [0.29, 0.717) is 22.9 Å². The summed E-state index contributed by atoms with van der Waals surface area (Å²) in [6.07, 6.45) is 2.88. The molecule has 1 aromatic heterocycles. The average Bonchev–Trinajstić information content (AvgIpc) is 3.35. The number of aliphatic carboxylic acids is 1. The molecule has 6 heteroatoms. The first-order chi connectivity index (χ1) is 11.6. The Morgan fingerprint density at radius 1 is 1.17 bits per heavy atom. The second kappa shape index (κ2) is 6.02. The molecule has 4 rings (SSSR count). The summed E-state index contributed by atoms with van der Waals surface area (Å²) in [5.41, 5.74) is 2.37. The predicted molar refractivity (Wildman–Crippen MR) is 94.5 cm³/mol. The number of benzene rings is 2. The van der Waals surface area contributed by atoms with Gasteiger partial charge in [0.15, 0.2) is 0 Å². The predicted octanol–water partition coefficient (Wildman–Crippen LogP) is 4.08. The van der Waals surface area contributed by atoms with Crippen LogP contribution in [0, 0.1) is 0 Å². The van der Waals surface area contributed by atoms with Crippen LogP contribution in [0.5, 0.6) is 0 Å². The van der Waals surface area contributed by atoms with Crippen molar-refractivity contribution < 1.29 is 9.90 Å². The zero-order valence-electron chi connectivity index (χ0n) is 12.9. The van der Waals surface area contributed by atoms with Gasteiger partial charge >= 0.3 is 5.97 Å². The highest BCUT2D eigenvalue weighted by molar-refractivity contribution is 9.10. The Kier molecular flexibility index (Phi) is 3.84. The Hall–Kier alpha value is -2.21. The van der Waals surface area contributed by atoms with Gasteiger partial charge in [-0.2, -0.15) is 0 Å². The number of nitrogens with zero attached hydrogens (tertiary/aromatic N) is 3. The molecule has 0 atom stereocenters. The molecule has 3 aromatic rings. The summed E-state index contributed by atoms with van der Waals surface area (Å²) < 4.78 is 2.49. The topological polar surface area (TPSA) is 68.0 Å². The lowest BCUT2D eigenvalue weighted by molar-refractivity contribution is -0.137. The summed E-state index contributed by atoms with van der Waals surface area (Å²) in [6.45, 7) is 0. The van der Waals surface area contributed by atoms with Gasteiger partial charge in [-0.1, -0.05) is 30.3 Å². The van der Waals surface area contributed by atoms with E-state index in [1.54, 1.807) is 0 Å². The van der Waals surface area contributed by atoms with Crippen molar-refractivity contribution in [3.05, 3.63) is 52.5 Å². The lowest BCUT2D eigenvalue weighted by Crippen LogP contribution is -2.06. The molecule has 0 unspecified atom stereocenters. The fraction of sp³-hybridized carbons (Fsp3) is 0.278. The third-order valence-electron chi connectivity index (χ3n) is 4.45. The normalized spacial score (nSPS) is 14.2. The largest absolute Gasteiger partial charge is 0.481 e. The quantitative estimate of drug-likeness (QED) is 0.718. The number of fused-ring (bicyclic) bond motifs is 1. The van der Waals surface area contributed by atoms with E-state index in [0.717, 1.165) is 11.1 Å². The molecule has 0 bridgehead atoms. The van der Waals surface area contributed by atoms with E-state index >= 15 is 0 Å². The van der Waals surface area contributed by atoms with Crippen LogP contribution in [0.2, 0.25) is 0 Å². The summed E-state index contributed by atoms with van der Waals surface area (Å²) in [7, 11) is 0. The standard InChI is InChI=1S/C18H16BrN3O2/c19-18-21-20-16(9-10-17(23)24)22(18)15-8-7-12(11-5-6-11)13-3-1-2-4-14(13)15/h1-4,7-8,11H,5-6,9-10H2,(H,23,24). The van der Waals surface area contributed by atoms with Crippen molar-refractivity contribution in [3.63, 3.8) is 0 Å². The number of carboxylic acids is 1. The summed E-state index contributed by atoms with van der Waals surface area (Å²) in [6, 6.07) is 12.6. The van der Waals surface area contributed by atoms with E-state index in [9.17, 15) is 4.79 Å². The van der Waals surface area contributed by atoms with Crippen LogP contribution in [-0.4, -0.2) is 25.8 Å². The first-order valence-corrected chi connectivity index (χ1v) is 8.78. The van der Waals surface area contributed by atoms with E-state index in [4.69, 9.17) is 5.11 Å². The number of hydrogen-bond donors (Lipinski definition) is 1. The second-order valence-corrected chi connectivity index (χ2v) is 6.82. The van der Waals surface area contributed by atoms with Crippen LogP contribution in [-0.2, 0) is 11.2 Å². The molecule has 24 heavy (non-hydrogen) atoms.